The van der Waals surface area contributed by atoms with Gasteiger partial charge in [0, 0.05) is 23.9 Å². The summed E-state index contributed by atoms with van der Waals surface area (Å²) in [4.78, 5) is 12.3. The smallest absolute Gasteiger partial charge is 0.160 e. The normalized spacial score (nSPS) is 19.6. The Bertz CT molecular complexity index is 601. The van der Waals surface area contributed by atoms with Crippen LogP contribution in [0.4, 0.5) is 5.69 Å². The summed E-state index contributed by atoms with van der Waals surface area (Å²) >= 11 is 0. The predicted molar refractivity (Wildman–Crippen MR) is 110 cm³/mol. The molecule has 0 radical (unpaired) electrons. The first kappa shape index (κ1) is 20.5. The first-order chi connectivity index (χ1) is 12.5. The van der Waals surface area contributed by atoms with Crippen molar-refractivity contribution in [3.8, 4) is 5.75 Å². The summed E-state index contributed by atoms with van der Waals surface area (Å²) in [5.74, 6) is 1.77. The number of hydrogen-bond acceptors (Lipinski definition) is 3. The number of anilines is 1. The van der Waals surface area contributed by atoms with E-state index in [9.17, 15) is 4.79 Å². The molecule has 0 aromatic heterocycles. The van der Waals surface area contributed by atoms with Gasteiger partial charge >= 0.3 is 0 Å². The Hall–Kier alpha value is -1.77. The lowest BCUT2D eigenvalue weighted by atomic mass is 9.68. The molecular formula is C23H35NO2. The molecule has 1 aliphatic rings. The van der Waals surface area contributed by atoms with Gasteiger partial charge in [0.15, 0.2) is 5.78 Å². The Morgan fingerprint density at radius 1 is 1.19 bits per heavy atom. The van der Waals surface area contributed by atoms with E-state index >= 15 is 0 Å². The zero-order valence-electron chi connectivity index (χ0n) is 16.9. The van der Waals surface area contributed by atoms with Crippen molar-refractivity contribution in [3.05, 3.63) is 36.0 Å². The van der Waals surface area contributed by atoms with Crippen molar-refractivity contribution in [1.82, 2.24) is 0 Å². The number of benzene rings is 1. The van der Waals surface area contributed by atoms with Crippen LogP contribution in [0.1, 0.15) is 72.6 Å². The van der Waals surface area contributed by atoms with E-state index in [4.69, 9.17) is 4.74 Å². The molecule has 1 aliphatic carbocycles. The molecule has 1 atom stereocenters. The molecule has 1 aromatic rings. The number of ketones is 1. The fourth-order valence-electron chi connectivity index (χ4n) is 3.40. The van der Waals surface area contributed by atoms with Crippen LogP contribution >= 0.6 is 0 Å². The molecule has 0 unspecified atom stereocenters. The molecular weight excluding hydrogens is 322 g/mol. The van der Waals surface area contributed by atoms with Crippen molar-refractivity contribution in [2.45, 2.75) is 72.6 Å². The topological polar surface area (TPSA) is 38.3 Å². The fraction of sp³-hybridized carbons (Fsp3) is 0.609. The van der Waals surface area contributed by atoms with Gasteiger partial charge in [0.2, 0.25) is 0 Å². The fourth-order valence-corrected chi connectivity index (χ4v) is 3.40. The van der Waals surface area contributed by atoms with Gasteiger partial charge in [0.25, 0.3) is 0 Å². The molecule has 0 saturated heterocycles. The second-order valence-electron chi connectivity index (χ2n) is 8.10. The summed E-state index contributed by atoms with van der Waals surface area (Å²) in [5, 5.41) is 3.30. The maximum absolute atomic E-state index is 12.3. The molecule has 0 bridgehead atoms. The van der Waals surface area contributed by atoms with Crippen LogP contribution in [0.2, 0.25) is 0 Å². The summed E-state index contributed by atoms with van der Waals surface area (Å²) in [6, 6.07) is 7.98. The minimum Gasteiger partial charge on any atom is -0.494 e. The molecule has 3 heteroatoms. The molecule has 0 spiro atoms. The quantitative estimate of drug-likeness (QED) is 0.413. The Labute approximate surface area is 159 Å². The third-order valence-corrected chi connectivity index (χ3v) is 5.84. The zero-order valence-corrected chi connectivity index (χ0v) is 16.9. The van der Waals surface area contributed by atoms with Crippen LogP contribution < -0.4 is 10.1 Å². The summed E-state index contributed by atoms with van der Waals surface area (Å²) in [6.45, 7) is 9.84. The highest BCUT2D eigenvalue weighted by Crippen LogP contribution is 2.41. The van der Waals surface area contributed by atoms with E-state index in [1.54, 1.807) is 0 Å². The van der Waals surface area contributed by atoms with Crippen LogP contribution in [0.15, 0.2) is 36.0 Å². The van der Waals surface area contributed by atoms with Gasteiger partial charge in [-0.25, -0.2) is 0 Å². The van der Waals surface area contributed by atoms with Gasteiger partial charge in [-0.15, -0.1) is 0 Å². The molecule has 0 amide bonds. The number of Topliss-reactive ketones (excluding diaryl/α,β-unsaturated/α-hetero) is 1. The number of ether oxygens (including phenoxy) is 1. The standard InChI is InChI=1S/C23H35NO2/c1-5-7-8-15-26-21-12-10-20(11-13-21)24-17-18-16-19(9-14-22(18)25)23(3,4)6-2/h10-13,17,19,24H,5-9,14-16H2,1-4H3/b18-17+/t19-/m1/s1. The molecule has 3 nitrogen and oxygen atoms in total. The van der Waals surface area contributed by atoms with Gasteiger partial charge in [-0.2, -0.15) is 0 Å². The van der Waals surface area contributed by atoms with Crippen LogP contribution in [0.5, 0.6) is 5.75 Å². The first-order valence-corrected chi connectivity index (χ1v) is 10.2. The number of carbonyl (C=O) groups excluding carboxylic acids is 1. The van der Waals surface area contributed by atoms with Gasteiger partial charge in [-0.1, -0.05) is 47.0 Å². The molecule has 1 aromatic carbocycles. The van der Waals surface area contributed by atoms with Crippen molar-refractivity contribution in [2.24, 2.45) is 11.3 Å². The minimum absolute atomic E-state index is 0.288. The highest BCUT2D eigenvalue weighted by atomic mass is 16.5. The second-order valence-corrected chi connectivity index (χ2v) is 8.10. The van der Waals surface area contributed by atoms with Crippen LogP contribution in [-0.2, 0) is 4.79 Å². The monoisotopic (exact) mass is 357 g/mol. The molecule has 26 heavy (non-hydrogen) atoms. The third kappa shape index (κ3) is 5.89. The van der Waals surface area contributed by atoms with Crippen molar-refractivity contribution >= 4 is 11.5 Å². The largest absolute Gasteiger partial charge is 0.494 e. The molecule has 1 fully saturated rings. The molecule has 2 rings (SSSR count). The number of unbranched alkanes of at least 4 members (excludes halogenated alkanes) is 2. The van der Waals surface area contributed by atoms with Gasteiger partial charge < -0.3 is 10.1 Å². The van der Waals surface area contributed by atoms with E-state index in [1.165, 1.54) is 12.8 Å². The lowest BCUT2D eigenvalue weighted by Crippen LogP contribution is -2.29. The summed E-state index contributed by atoms with van der Waals surface area (Å²) in [7, 11) is 0. The minimum atomic E-state index is 0.288. The van der Waals surface area contributed by atoms with Crippen molar-refractivity contribution in [2.75, 3.05) is 11.9 Å². The summed E-state index contributed by atoms with van der Waals surface area (Å²) in [5.41, 5.74) is 2.21. The van der Waals surface area contributed by atoms with Gasteiger partial charge in [-0.05, 0) is 54.9 Å². The maximum atomic E-state index is 12.3. The molecule has 144 valence electrons. The Kier molecular flexibility index (Phi) is 7.74. The van der Waals surface area contributed by atoms with Crippen molar-refractivity contribution in [3.63, 3.8) is 0 Å². The highest BCUT2D eigenvalue weighted by Gasteiger charge is 2.33. The average Bonchev–Trinajstić information content (AvgIpc) is 2.65. The van der Waals surface area contributed by atoms with Crippen LogP contribution in [0.25, 0.3) is 0 Å². The van der Waals surface area contributed by atoms with Crippen molar-refractivity contribution < 1.29 is 9.53 Å². The van der Waals surface area contributed by atoms with E-state index in [0.29, 0.717) is 12.3 Å². The zero-order chi connectivity index (χ0) is 19.0. The van der Waals surface area contributed by atoms with E-state index in [1.807, 2.05) is 30.5 Å². The van der Waals surface area contributed by atoms with Gasteiger partial charge in [0.1, 0.15) is 5.75 Å². The van der Waals surface area contributed by atoms with E-state index < -0.39 is 0 Å². The molecule has 0 aliphatic heterocycles. The summed E-state index contributed by atoms with van der Waals surface area (Å²) < 4.78 is 5.74. The van der Waals surface area contributed by atoms with Gasteiger partial charge in [-0.3, -0.25) is 4.79 Å². The third-order valence-electron chi connectivity index (χ3n) is 5.84. The number of rotatable bonds is 9. The maximum Gasteiger partial charge on any atom is 0.160 e. The molecule has 1 N–H and O–H groups in total. The number of hydrogen-bond donors (Lipinski definition) is 1. The SMILES string of the molecule is CCCCCOc1ccc(N/C=C2\C[C@H](C(C)(C)CC)CCC2=O)cc1. The predicted octanol–water partition coefficient (Wildman–Crippen LogP) is 6.36. The van der Waals surface area contributed by atoms with Crippen LogP contribution in [-0.4, -0.2) is 12.4 Å². The Morgan fingerprint density at radius 2 is 1.92 bits per heavy atom. The molecule has 1 saturated carbocycles. The summed E-state index contributed by atoms with van der Waals surface area (Å²) in [6.07, 6.45) is 9.13. The Morgan fingerprint density at radius 3 is 2.58 bits per heavy atom. The number of allylic oxidation sites excluding steroid dienone is 1. The second kappa shape index (κ2) is 9.80. The lowest BCUT2D eigenvalue weighted by molar-refractivity contribution is -0.117. The van der Waals surface area contributed by atoms with E-state index in [0.717, 1.165) is 49.3 Å². The van der Waals surface area contributed by atoms with Crippen LogP contribution in [0.3, 0.4) is 0 Å². The van der Waals surface area contributed by atoms with Crippen molar-refractivity contribution in [1.29, 1.82) is 0 Å². The average molecular weight is 358 g/mol. The van der Waals surface area contributed by atoms with Gasteiger partial charge in [0.05, 0.1) is 6.61 Å². The first-order valence-electron chi connectivity index (χ1n) is 10.2. The lowest BCUT2D eigenvalue weighted by Gasteiger charge is -2.36. The number of nitrogens with one attached hydrogen (secondary N) is 1. The highest BCUT2D eigenvalue weighted by molar-refractivity contribution is 5.96. The molecule has 0 heterocycles. The van der Waals surface area contributed by atoms with E-state index in [-0.39, 0.29) is 11.2 Å². The Balaban J connectivity index is 1.92. The van der Waals surface area contributed by atoms with E-state index in [2.05, 4.69) is 33.0 Å². The van der Waals surface area contributed by atoms with Crippen LogP contribution in [0, 0.1) is 11.3 Å². The number of carbonyl (C=O) groups is 1.